The lowest BCUT2D eigenvalue weighted by molar-refractivity contribution is -0.116. The van der Waals surface area contributed by atoms with Gasteiger partial charge in [0.2, 0.25) is 5.91 Å². The molecule has 0 aliphatic carbocycles. The van der Waals surface area contributed by atoms with Crippen LogP contribution < -0.4 is 10.9 Å². The van der Waals surface area contributed by atoms with Crippen LogP contribution in [0.25, 0.3) is 20.4 Å². The number of aromatic nitrogens is 3. The molecule has 0 atom stereocenters. The van der Waals surface area contributed by atoms with Gasteiger partial charge in [0.1, 0.15) is 4.83 Å². The molecular weight excluding hydrogens is 444 g/mol. The molecule has 0 fully saturated rings. The largest absolute Gasteiger partial charge is 0.302 e. The second-order valence-corrected chi connectivity index (χ2v) is 11.2. The Kier molecular flexibility index (Phi) is 5.20. The van der Waals surface area contributed by atoms with E-state index in [0.717, 1.165) is 16.7 Å². The highest BCUT2D eigenvalue weighted by Crippen LogP contribution is 2.28. The van der Waals surface area contributed by atoms with Gasteiger partial charge < -0.3 is 5.32 Å². The molecule has 30 heavy (non-hydrogen) atoms. The first-order valence-corrected chi connectivity index (χ1v) is 12.5. The fraction of sp³-hybridized carbons (Fsp3) is 0.263. The van der Waals surface area contributed by atoms with Crippen molar-refractivity contribution in [1.29, 1.82) is 0 Å². The zero-order chi connectivity index (χ0) is 21.6. The smallest absolute Gasteiger partial charge is 0.262 e. The third-order valence-corrected chi connectivity index (χ3v) is 7.93. The van der Waals surface area contributed by atoms with Gasteiger partial charge in [-0.3, -0.25) is 14.2 Å². The van der Waals surface area contributed by atoms with Gasteiger partial charge >= 0.3 is 0 Å². The highest BCUT2D eigenvalue weighted by Gasteiger charge is 2.14. The maximum absolute atomic E-state index is 12.7. The summed E-state index contributed by atoms with van der Waals surface area (Å²) in [6.45, 7) is 4.05. The third kappa shape index (κ3) is 3.87. The number of thiazole rings is 1. The molecule has 0 bridgehead atoms. The summed E-state index contributed by atoms with van der Waals surface area (Å²) in [4.78, 5) is 35.7. The monoisotopic (exact) mass is 462 g/mol. The van der Waals surface area contributed by atoms with E-state index in [1.165, 1.54) is 39.6 Å². The van der Waals surface area contributed by atoms with Crippen LogP contribution in [-0.2, 0) is 21.2 Å². The van der Waals surface area contributed by atoms with Crippen LogP contribution >= 0.6 is 22.7 Å². The maximum atomic E-state index is 12.7. The molecule has 0 saturated heterocycles. The van der Waals surface area contributed by atoms with Crippen molar-refractivity contribution >= 4 is 64.0 Å². The molecule has 0 radical (unpaired) electrons. The Morgan fingerprint density at radius 1 is 1.23 bits per heavy atom. The zero-order valence-electron chi connectivity index (χ0n) is 16.4. The molecule has 1 aromatic carbocycles. The summed E-state index contributed by atoms with van der Waals surface area (Å²) in [5.41, 5.74) is 1.38. The van der Waals surface area contributed by atoms with Crippen molar-refractivity contribution in [3.8, 4) is 0 Å². The summed E-state index contributed by atoms with van der Waals surface area (Å²) >= 11 is 2.68. The Hall–Kier alpha value is -2.63. The summed E-state index contributed by atoms with van der Waals surface area (Å²) in [6, 6.07) is 4.65. The molecule has 0 unspecified atom stereocenters. The molecule has 0 saturated carbocycles. The van der Waals surface area contributed by atoms with E-state index in [2.05, 4.69) is 15.3 Å². The van der Waals surface area contributed by atoms with Crippen LogP contribution in [-0.4, -0.2) is 35.1 Å². The van der Waals surface area contributed by atoms with Crippen LogP contribution in [0, 0.1) is 13.8 Å². The van der Waals surface area contributed by atoms with E-state index in [1.54, 1.807) is 12.1 Å². The normalized spacial score (nSPS) is 12.0. The minimum atomic E-state index is -3.31. The van der Waals surface area contributed by atoms with E-state index < -0.39 is 9.84 Å². The first-order valence-electron chi connectivity index (χ1n) is 8.99. The molecule has 11 heteroatoms. The number of aryl methyl sites for hydroxylation is 3. The molecule has 4 rings (SSSR count). The molecule has 8 nitrogen and oxygen atoms in total. The molecule has 1 N–H and O–H groups in total. The van der Waals surface area contributed by atoms with Crippen LogP contribution in [0.1, 0.15) is 16.9 Å². The molecule has 1 amide bonds. The zero-order valence-corrected chi connectivity index (χ0v) is 18.9. The predicted octanol–water partition coefficient (Wildman–Crippen LogP) is 3.12. The second kappa shape index (κ2) is 7.56. The number of sulfone groups is 1. The molecule has 0 aliphatic rings. The number of benzene rings is 1. The minimum absolute atomic E-state index is 0.0831. The number of rotatable bonds is 5. The number of hydrogen-bond donors (Lipinski definition) is 1. The van der Waals surface area contributed by atoms with Crippen molar-refractivity contribution in [3.05, 3.63) is 45.3 Å². The number of anilines is 1. The lowest BCUT2D eigenvalue weighted by atomic mass is 10.2. The Labute approximate surface area is 180 Å². The molecule has 156 valence electrons. The van der Waals surface area contributed by atoms with E-state index >= 15 is 0 Å². The summed E-state index contributed by atoms with van der Waals surface area (Å²) in [5.74, 6) is -0.289. The average Bonchev–Trinajstić information content (AvgIpc) is 3.20. The van der Waals surface area contributed by atoms with E-state index in [4.69, 9.17) is 0 Å². The van der Waals surface area contributed by atoms with Crippen LogP contribution in [0.5, 0.6) is 0 Å². The number of carbonyl (C=O) groups excluding carboxylic acids is 1. The number of thiophene rings is 1. The van der Waals surface area contributed by atoms with Gasteiger partial charge in [-0.2, -0.15) is 0 Å². The minimum Gasteiger partial charge on any atom is -0.302 e. The van der Waals surface area contributed by atoms with Crippen LogP contribution in [0.15, 0.2) is 34.2 Å². The van der Waals surface area contributed by atoms with E-state index in [1.807, 2.05) is 13.8 Å². The van der Waals surface area contributed by atoms with Crippen molar-refractivity contribution in [1.82, 2.24) is 14.5 Å². The SMILES string of the molecule is Cc1sc2ncn(CCC(=O)Nc3nc4ccc(S(C)(=O)=O)cc4s3)c(=O)c2c1C. The standard InChI is InChI=1S/C19H18N4O4S3/c1-10-11(2)28-17-16(10)18(25)23(9-20-17)7-6-15(24)22-19-21-13-5-4-12(30(3,26)27)8-14(13)29-19/h4-5,8-9H,6-7H2,1-3H3,(H,21,22,24). The highest BCUT2D eigenvalue weighted by molar-refractivity contribution is 7.90. The summed E-state index contributed by atoms with van der Waals surface area (Å²) < 4.78 is 25.5. The lowest BCUT2D eigenvalue weighted by Gasteiger charge is -2.05. The number of nitrogens with zero attached hydrogens (tertiary/aromatic N) is 3. The molecule has 3 aromatic heterocycles. The Balaban J connectivity index is 1.49. The van der Waals surface area contributed by atoms with Crippen molar-refractivity contribution in [3.63, 3.8) is 0 Å². The number of nitrogens with one attached hydrogen (secondary N) is 1. The third-order valence-electron chi connectivity index (χ3n) is 4.77. The molecule has 4 aromatic rings. The van der Waals surface area contributed by atoms with Crippen molar-refractivity contribution in [2.75, 3.05) is 11.6 Å². The van der Waals surface area contributed by atoms with Gasteiger partial charge in [0.05, 0.1) is 26.8 Å². The quantitative estimate of drug-likeness (QED) is 0.488. The summed E-state index contributed by atoms with van der Waals surface area (Å²) in [5, 5.41) is 3.70. The van der Waals surface area contributed by atoms with Crippen LogP contribution in [0.4, 0.5) is 5.13 Å². The lowest BCUT2D eigenvalue weighted by Crippen LogP contribution is -2.23. The van der Waals surface area contributed by atoms with Gasteiger partial charge in [0, 0.05) is 24.1 Å². The van der Waals surface area contributed by atoms with Crippen molar-refractivity contribution in [2.45, 2.75) is 31.7 Å². The van der Waals surface area contributed by atoms with E-state index in [0.29, 0.717) is 25.6 Å². The Bertz CT molecular complexity index is 1460. The second-order valence-electron chi connectivity index (χ2n) is 6.93. The average molecular weight is 463 g/mol. The van der Waals surface area contributed by atoms with Gasteiger partial charge in [-0.1, -0.05) is 11.3 Å². The van der Waals surface area contributed by atoms with Crippen molar-refractivity contribution < 1.29 is 13.2 Å². The maximum Gasteiger partial charge on any atom is 0.262 e. The number of fused-ring (bicyclic) bond motifs is 2. The Morgan fingerprint density at radius 3 is 2.73 bits per heavy atom. The topological polar surface area (TPSA) is 111 Å². The number of hydrogen-bond acceptors (Lipinski definition) is 8. The number of carbonyl (C=O) groups is 1. The van der Waals surface area contributed by atoms with Crippen LogP contribution in [0.2, 0.25) is 0 Å². The van der Waals surface area contributed by atoms with Crippen LogP contribution in [0.3, 0.4) is 0 Å². The fourth-order valence-electron chi connectivity index (χ4n) is 3.02. The van der Waals surface area contributed by atoms with Gasteiger partial charge in [0.15, 0.2) is 15.0 Å². The van der Waals surface area contributed by atoms with Gasteiger partial charge in [-0.05, 0) is 37.6 Å². The summed E-state index contributed by atoms with van der Waals surface area (Å²) in [7, 11) is -3.31. The fourth-order valence-corrected chi connectivity index (χ4v) is 5.65. The first-order chi connectivity index (χ1) is 14.1. The highest BCUT2D eigenvalue weighted by atomic mass is 32.2. The summed E-state index contributed by atoms with van der Waals surface area (Å²) in [6.07, 6.45) is 2.70. The van der Waals surface area contributed by atoms with Crippen molar-refractivity contribution in [2.24, 2.45) is 0 Å². The van der Waals surface area contributed by atoms with Gasteiger partial charge in [-0.25, -0.2) is 18.4 Å². The molecule has 0 aliphatic heterocycles. The first kappa shape index (κ1) is 20.6. The number of amides is 1. The van der Waals surface area contributed by atoms with Gasteiger partial charge in [0.25, 0.3) is 5.56 Å². The van der Waals surface area contributed by atoms with Gasteiger partial charge in [-0.15, -0.1) is 11.3 Å². The van der Waals surface area contributed by atoms with E-state index in [-0.39, 0.29) is 29.3 Å². The molecule has 3 heterocycles. The predicted molar refractivity (Wildman–Crippen MR) is 119 cm³/mol. The molecule has 0 spiro atoms. The van der Waals surface area contributed by atoms with E-state index in [9.17, 15) is 18.0 Å². The molecular formula is C19H18N4O4S3. The Morgan fingerprint density at radius 2 is 2.00 bits per heavy atom.